The Morgan fingerprint density at radius 3 is 2.64 bits per heavy atom. The lowest BCUT2D eigenvalue weighted by Gasteiger charge is -2.22. The van der Waals surface area contributed by atoms with Crippen LogP contribution in [0.4, 0.5) is 11.4 Å². The second kappa shape index (κ2) is 7.30. The molecule has 0 aromatic heterocycles. The van der Waals surface area contributed by atoms with Crippen LogP contribution in [-0.2, 0) is 17.8 Å². The lowest BCUT2D eigenvalue weighted by atomic mass is 9.88. The highest BCUT2D eigenvalue weighted by molar-refractivity contribution is 5.93. The molecule has 130 valence electrons. The molecule has 2 aromatic rings. The van der Waals surface area contributed by atoms with Crippen LogP contribution in [0.3, 0.4) is 0 Å². The molecule has 25 heavy (non-hydrogen) atoms. The van der Waals surface area contributed by atoms with Crippen molar-refractivity contribution in [2.45, 2.75) is 45.1 Å². The molecule has 1 aliphatic carbocycles. The minimum Gasteiger partial charge on any atom is -0.367 e. The standard InChI is InChI=1S/C22H26N2O/c25-22(19-9-5-2-6-10-19)23-20-12-11-18-13-14-24(21(18)15-20)16-17-7-3-1-4-8-17/h1,3-4,7-8,11-12,15,19H,2,5-6,9-10,13-14,16H2,(H,23,25). The molecular weight excluding hydrogens is 308 g/mol. The first-order valence-corrected chi connectivity index (χ1v) is 9.52. The second-order valence-electron chi connectivity index (χ2n) is 7.32. The monoisotopic (exact) mass is 334 g/mol. The molecule has 0 radical (unpaired) electrons. The molecule has 0 spiro atoms. The minimum absolute atomic E-state index is 0.197. The van der Waals surface area contributed by atoms with Crippen molar-refractivity contribution in [1.29, 1.82) is 0 Å². The van der Waals surface area contributed by atoms with Gasteiger partial charge in [0.25, 0.3) is 0 Å². The van der Waals surface area contributed by atoms with Gasteiger partial charge < -0.3 is 10.2 Å². The van der Waals surface area contributed by atoms with Crippen LogP contribution in [-0.4, -0.2) is 12.5 Å². The normalized spacial score (nSPS) is 17.4. The molecule has 1 saturated carbocycles. The van der Waals surface area contributed by atoms with Crippen LogP contribution >= 0.6 is 0 Å². The number of amides is 1. The summed E-state index contributed by atoms with van der Waals surface area (Å²) >= 11 is 0. The summed E-state index contributed by atoms with van der Waals surface area (Å²) in [6.45, 7) is 1.97. The molecule has 0 atom stereocenters. The molecule has 1 N–H and O–H groups in total. The van der Waals surface area contributed by atoms with Crippen molar-refractivity contribution >= 4 is 17.3 Å². The van der Waals surface area contributed by atoms with Crippen molar-refractivity contribution < 1.29 is 4.79 Å². The first-order valence-electron chi connectivity index (χ1n) is 9.52. The van der Waals surface area contributed by atoms with Crippen LogP contribution < -0.4 is 10.2 Å². The summed E-state index contributed by atoms with van der Waals surface area (Å²) in [6, 6.07) is 17.0. The quantitative estimate of drug-likeness (QED) is 0.873. The number of carbonyl (C=O) groups excluding carboxylic acids is 1. The summed E-state index contributed by atoms with van der Waals surface area (Å²) in [6.07, 6.45) is 6.81. The zero-order valence-corrected chi connectivity index (χ0v) is 14.7. The molecule has 0 bridgehead atoms. The Hall–Kier alpha value is -2.29. The van der Waals surface area contributed by atoms with Gasteiger partial charge in [0, 0.05) is 30.4 Å². The van der Waals surface area contributed by atoms with Crippen LogP contribution in [0.2, 0.25) is 0 Å². The van der Waals surface area contributed by atoms with E-state index >= 15 is 0 Å². The van der Waals surface area contributed by atoms with Gasteiger partial charge in [-0.2, -0.15) is 0 Å². The van der Waals surface area contributed by atoms with Gasteiger partial charge >= 0.3 is 0 Å². The van der Waals surface area contributed by atoms with E-state index in [1.165, 1.54) is 36.1 Å². The van der Waals surface area contributed by atoms with Gasteiger partial charge in [-0.15, -0.1) is 0 Å². The van der Waals surface area contributed by atoms with Gasteiger partial charge in [0.2, 0.25) is 5.91 Å². The van der Waals surface area contributed by atoms with Crippen molar-refractivity contribution in [1.82, 2.24) is 0 Å². The van der Waals surface area contributed by atoms with E-state index in [0.29, 0.717) is 0 Å². The average Bonchev–Trinajstić information content (AvgIpc) is 3.05. The minimum atomic E-state index is 0.197. The molecule has 4 rings (SSSR count). The Bertz CT molecular complexity index is 735. The van der Waals surface area contributed by atoms with Gasteiger partial charge in [0.05, 0.1) is 0 Å². The molecule has 0 unspecified atom stereocenters. The SMILES string of the molecule is O=C(Nc1ccc2c(c1)N(Cc1ccccc1)CC2)C1CCCCC1. The predicted molar refractivity (Wildman–Crippen MR) is 103 cm³/mol. The van der Waals surface area contributed by atoms with Gasteiger partial charge in [-0.3, -0.25) is 4.79 Å². The van der Waals surface area contributed by atoms with Crippen molar-refractivity contribution in [2.24, 2.45) is 5.92 Å². The Morgan fingerprint density at radius 1 is 1.04 bits per heavy atom. The van der Waals surface area contributed by atoms with Crippen molar-refractivity contribution in [2.75, 3.05) is 16.8 Å². The van der Waals surface area contributed by atoms with E-state index in [4.69, 9.17) is 0 Å². The summed E-state index contributed by atoms with van der Waals surface area (Å²) in [5.41, 5.74) is 4.91. The molecule has 1 aliphatic heterocycles. The first kappa shape index (κ1) is 16.2. The third kappa shape index (κ3) is 3.71. The maximum absolute atomic E-state index is 12.5. The van der Waals surface area contributed by atoms with Crippen LogP contribution in [0, 0.1) is 5.92 Å². The molecule has 2 aromatic carbocycles. The van der Waals surface area contributed by atoms with Crippen LogP contribution in [0.15, 0.2) is 48.5 Å². The van der Waals surface area contributed by atoms with E-state index in [0.717, 1.165) is 38.0 Å². The number of rotatable bonds is 4. The number of nitrogens with zero attached hydrogens (tertiary/aromatic N) is 1. The van der Waals surface area contributed by atoms with E-state index in [-0.39, 0.29) is 11.8 Å². The van der Waals surface area contributed by atoms with Crippen LogP contribution in [0.1, 0.15) is 43.2 Å². The molecule has 1 heterocycles. The highest BCUT2D eigenvalue weighted by atomic mass is 16.1. The predicted octanol–water partition coefficient (Wildman–Crippen LogP) is 4.77. The smallest absolute Gasteiger partial charge is 0.227 e. The number of benzene rings is 2. The molecule has 0 saturated heterocycles. The van der Waals surface area contributed by atoms with E-state index in [2.05, 4.69) is 58.7 Å². The summed E-state index contributed by atoms with van der Waals surface area (Å²) in [5, 5.41) is 3.16. The highest BCUT2D eigenvalue weighted by Gasteiger charge is 2.23. The average molecular weight is 334 g/mol. The molecule has 1 amide bonds. The van der Waals surface area contributed by atoms with Gasteiger partial charge in [-0.25, -0.2) is 0 Å². The largest absolute Gasteiger partial charge is 0.367 e. The number of hydrogen-bond acceptors (Lipinski definition) is 2. The van der Waals surface area contributed by atoms with Crippen molar-refractivity contribution in [3.63, 3.8) is 0 Å². The zero-order chi connectivity index (χ0) is 17.1. The Balaban J connectivity index is 1.47. The van der Waals surface area contributed by atoms with Crippen molar-refractivity contribution in [3.05, 3.63) is 59.7 Å². The number of hydrogen-bond donors (Lipinski definition) is 1. The zero-order valence-electron chi connectivity index (χ0n) is 14.7. The second-order valence-corrected chi connectivity index (χ2v) is 7.32. The Morgan fingerprint density at radius 2 is 1.84 bits per heavy atom. The lowest BCUT2D eigenvalue weighted by Crippen LogP contribution is -2.25. The third-order valence-electron chi connectivity index (χ3n) is 5.54. The fraction of sp³-hybridized carbons (Fsp3) is 0.409. The molecule has 3 heteroatoms. The fourth-order valence-electron chi connectivity index (χ4n) is 4.10. The number of anilines is 2. The van der Waals surface area contributed by atoms with E-state index in [9.17, 15) is 4.79 Å². The Kier molecular flexibility index (Phi) is 4.73. The molecule has 3 nitrogen and oxygen atoms in total. The van der Waals surface area contributed by atoms with Gasteiger partial charge in [-0.1, -0.05) is 55.7 Å². The lowest BCUT2D eigenvalue weighted by molar-refractivity contribution is -0.120. The molecule has 1 fully saturated rings. The van der Waals surface area contributed by atoms with E-state index in [1.54, 1.807) is 0 Å². The summed E-state index contributed by atoms with van der Waals surface area (Å²) in [5.74, 6) is 0.398. The van der Waals surface area contributed by atoms with Gasteiger partial charge in [0.1, 0.15) is 0 Å². The van der Waals surface area contributed by atoms with E-state index < -0.39 is 0 Å². The van der Waals surface area contributed by atoms with Crippen LogP contribution in [0.5, 0.6) is 0 Å². The maximum atomic E-state index is 12.5. The van der Waals surface area contributed by atoms with Gasteiger partial charge in [-0.05, 0) is 42.5 Å². The van der Waals surface area contributed by atoms with Crippen LogP contribution in [0.25, 0.3) is 0 Å². The number of carbonyl (C=O) groups is 1. The summed E-state index contributed by atoms with van der Waals surface area (Å²) in [7, 11) is 0. The maximum Gasteiger partial charge on any atom is 0.227 e. The summed E-state index contributed by atoms with van der Waals surface area (Å²) in [4.78, 5) is 14.9. The molecular formula is C22H26N2O. The highest BCUT2D eigenvalue weighted by Crippen LogP contribution is 2.32. The first-order chi connectivity index (χ1) is 12.3. The summed E-state index contributed by atoms with van der Waals surface area (Å²) < 4.78 is 0. The molecule has 2 aliphatic rings. The fourth-order valence-corrected chi connectivity index (χ4v) is 4.10. The number of fused-ring (bicyclic) bond motifs is 1. The van der Waals surface area contributed by atoms with Crippen molar-refractivity contribution in [3.8, 4) is 0 Å². The Labute approximate surface area is 150 Å². The third-order valence-corrected chi connectivity index (χ3v) is 5.54. The topological polar surface area (TPSA) is 32.3 Å². The van der Waals surface area contributed by atoms with Gasteiger partial charge in [0.15, 0.2) is 0 Å². The van der Waals surface area contributed by atoms with E-state index in [1.807, 2.05) is 0 Å². The number of nitrogens with one attached hydrogen (secondary N) is 1.